The SMILES string of the molecule is CC(O)CCC(=O)Nc1ccc(-c2nccs2)cc1. The fourth-order valence-electron chi connectivity index (χ4n) is 1.63. The van der Waals surface area contributed by atoms with E-state index in [4.69, 9.17) is 5.11 Å². The van der Waals surface area contributed by atoms with E-state index in [1.165, 1.54) is 0 Å². The van der Waals surface area contributed by atoms with Gasteiger partial charge >= 0.3 is 0 Å². The number of anilines is 1. The van der Waals surface area contributed by atoms with Crippen LogP contribution < -0.4 is 5.32 Å². The molecule has 1 amide bonds. The molecule has 1 heterocycles. The number of carbonyl (C=O) groups excluding carboxylic acids is 1. The normalized spacial score (nSPS) is 12.1. The second-order valence-corrected chi connectivity index (χ2v) is 5.25. The van der Waals surface area contributed by atoms with Crippen LogP contribution in [0.1, 0.15) is 19.8 Å². The molecular formula is C14H16N2O2S. The van der Waals surface area contributed by atoms with Crippen molar-refractivity contribution in [1.29, 1.82) is 0 Å². The molecule has 0 aliphatic carbocycles. The lowest BCUT2D eigenvalue weighted by Crippen LogP contribution is -2.13. The number of amides is 1. The monoisotopic (exact) mass is 276 g/mol. The average Bonchev–Trinajstić information content (AvgIpc) is 2.91. The van der Waals surface area contributed by atoms with Gasteiger partial charge in [-0.2, -0.15) is 0 Å². The number of nitrogens with one attached hydrogen (secondary N) is 1. The molecule has 19 heavy (non-hydrogen) atoms. The minimum atomic E-state index is -0.446. The smallest absolute Gasteiger partial charge is 0.224 e. The number of carbonyl (C=O) groups is 1. The standard InChI is InChI=1S/C14H16N2O2S/c1-10(17)2-7-13(18)16-12-5-3-11(4-6-12)14-15-8-9-19-14/h3-6,8-10,17H,2,7H2,1H3,(H,16,18). The third kappa shape index (κ3) is 4.15. The van der Waals surface area contributed by atoms with Gasteiger partial charge in [-0.1, -0.05) is 0 Å². The number of aliphatic hydroxyl groups is 1. The predicted octanol–water partition coefficient (Wildman–Crippen LogP) is 2.91. The van der Waals surface area contributed by atoms with E-state index in [-0.39, 0.29) is 5.91 Å². The lowest BCUT2D eigenvalue weighted by Gasteiger charge is -2.07. The van der Waals surface area contributed by atoms with Crippen LogP contribution in [0.4, 0.5) is 5.69 Å². The van der Waals surface area contributed by atoms with Crippen molar-refractivity contribution in [1.82, 2.24) is 4.98 Å². The molecule has 1 aromatic heterocycles. The molecular weight excluding hydrogens is 260 g/mol. The van der Waals surface area contributed by atoms with E-state index >= 15 is 0 Å². The van der Waals surface area contributed by atoms with Crippen molar-refractivity contribution < 1.29 is 9.90 Å². The van der Waals surface area contributed by atoms with Crippen LogP contribution in [0.15, 0.2) is 35.8 Å². The molecule has 0 fully saturated rings. The number of thiazole rings is 1. The molecule has 4 nitrogen and oxygen atoms in total. The van der Waals surface area contributed by atoms with Gasteiger partial charge in [-0.25, -0.2) is 4.98 Å². The summed E-state index contributed by atoms with van der Waals surface area (Å²) < 4.78 is 0. The molecule has 0 bridgehead atoms. The largest absolute Gasteiger partial charge is 0.393 e. The Bertz CT molecular complexity index is 521. The van der Waals surface area contributed by atoms with E-state index in [0.717, 1.165) is 16.3 Å². The Labute approximate surface area is 116 Å². The molecule has 0 aliphatic rings. The van der Waals surface area contributed by atoms with Gasteiger partial charge in [0.15, 0.2) is 0 Å². The summed E-state index contributed by atoms with van der Waals surface area (Å²) in [4.78, 5) is 15.8. The third-order valence-electron chi connectivity index (χ3n) is 2.64. The zero-order valence-corrected chi connectivity index (χ0v) is 11.5. The van der Waals surface area contributed by atoms with Crippen molar-refractivity contribution >= 4 is 22.9 Å². The van der Waals surface area contributed by atoms with Crippen LogP contribution in [-0.4, -0.2) is 22.1 Å². The van der Waals surface area contributed by atoms with Gasteiger partial charge in [0.1, 0.15) is 5.01 Å². The van der Waals surface area contributed by atoms with Crippen LogP contribution in [0.5, 0.6) is 0 Å². The fraction of sp³-hybridized carbons (Fsp3) is 0.286. The van der Waals surface area contributed by atoms with Gasteiger partial charge in [-0.15, -0.1) is 11.3 Å². The molecule has 5 heteroatoms. The number of aliphatic hydroxyl groups excluding tert-OH is 1. The first kappa shape index (κ1) is 13.7. The molecule has 1 aromatic carbocycles. The van der Waals surface area contributed by atoms with Crippen molar-refractivity contribution in [2.75, 3.05) is 5.32 Å². The van der Waals surface area contributed by atoms with Crippen molar-refractivity contribution in [2.45, 2.75) is 25.9 Å². The average molecular weight is 276 g/mol. The maximum Gasteiger partial charge on any atom is 0.224 e. The second-order valence-electron chi connectivity index (χ2n) is 4.35. The number of hydrogen-bond acceptors (Lipinski definition) is 4. The van der Waals surface area contributed by atoms with E-state index < -0.39 is 6.10 Å². The second kappa shape index (κ2) is 6.45. The molecule has 0 saturated heterocycles. The lowest BCUT2D eigenvalue weighted by atomic mass is 10.2. The Hall–Kier alpha value is -1.72. The fourth-order valence-corrected chi connectivity index (χ4v) is 2.27. The van der Waals surface area contributed by atoms with Gasteiger partial charge in [-0.05, 0) is 37.6 Å². The van der Waals surface area contributed by atoms with Gasteiger partial charge in [0.25, 0.3) is 0 Å². The van der Waals surface area contributed by atoms with E-state index in [9.17, 15) is 4.79 Å². The van der Waals surface area contributed by atoms with Crippen LogP contribution in [0, 0.1) is 0 Å². The van der Waals surface area contributed by atoms with Crippen LogP contribution in [0.3, 0.4) is 0 Å². The maximum atomic E-state index is 11.6. The molecule has 100 valence electrons. The Kier molecular flexibility index (Phi) is 4.65. The molecule has 2 N–H and O–H groups in total. The summed E-state index contributed by atoms with van der Waals surface area (Å²) in [5, 5.41) is 14.8. The van der Waals surface area contributed by atoms with Gasteiger partial charge in [-0.3, -0.25) is 4.79 Å². The Morgan fingerprint density at radius 1 is 1.42 bits per heavy atom. The highest BCUT2D eigenvalue weighted by atomic mass is 32.1. The summed E-state index contributed by atoms with van der Waals surface area (Å²) in [5.74, 6) is -0.0806. The summed E-state index contributed by atoms with van der Waals surface area (Å²) in [6.45, 7) is 1.68. The molecule has 0 saturated carbocycles. The van der Waals surface area contributed by atoms with Crippen LogP contribution in [0.25, 0.3) is 10.6 Å². The molecule has 1 atom stereocenters. The molecule has 0 spiro atoms. The lowest BCUT2D eigenvalue weighted by molar-refractivity contribution is -0.116. The Morgan fingerprint density at radius 3 is 2.74 bits per heavy atom. The van der Waals surface area contributed by atoms with Crippen LogP contribution >= 0.6 is 11.3 Å². The number of aromatic nitrogens is 1. The van der Waals surface area contributed by atoms with Gasteiger partial charge in [0, 0.05) is 29.2 Å². The first-order chi connectivity index (χ1) is 9.15. The van der Waals surface area contributed by atoms with Crippen molar-refractivity contribution in [3.8, 4) is 10.6 Å². The number of hydrogen-bond donors (Lipinski definition) is 2. The first-order valence-corrected chi connectivity index (χ1v) is 7.01. The summed E-state index contributed by atoms with van der Waals surface area (Å²) in [5.41, 5.74) is 1.80. The molecule has 1 unspecified atom stereocenters. The number of nitrogens with zero attached hydrogens (tertiary/aromatic N) is 1. The Balaban J connectivity index is 1.94. The van der Waals surface area contributed by atoms with Gasteiger partial charge in [0.05, 0.1) is 6.10 Å². The first-order valence-electron chi connectivity index (χ1n) is 6.13. The topological polar surface area (TPSA) is 62.2 Å². The number of benzene rings is 1. The summed E-state index contributed by atoms with van der Waals surface area (Å²) in [6.07, 6.45) is 2.12. The predicted molar refractivity (Wildman–Crippen MR) is 77.1 cm³/mol. The van der Waals surface area contributed by atoms with Crippen molar-refractivity contribution in [3.05, 3.63) is 35.8 Å². The molecule has 2 rings (SSSR count). The van der Waals surface area contributed by atoms with Crippen molar-refractivity contribution in [2.24, 2.45) is 0 Å². The van der Waals surface area contributed by atoms with Gasteiger partial charge < -0.3 is 10.4 Å². The van der Waals surface area contributed by atoms with E-state index in [0.29, 0.717) is 12.8 Å². The highest BCUT2D eigenvalue weighted by Crippen LogP contribution is 2.23. The zero-order chi connectivity index (χ0) is 13.7. The summed E-state index contributed by atoms with van der Waals surface area (Å²) in [6, 6.07) is 7.58. The summed E-state index contributed by atoms with van der Waals surface area (Å²) >= 11 is 1.58. The minimum Gasteiger partial charge on any atom is -0.393 e. The minimum absolute atomic E-state index is 0.0806. The van der Waals surface area contributed by atoms with E-state index in [1.807, 2.05) is 29.6 Å². The quantitative estimate of drug-likeness (QED) is 0.882. The zero-order valence-electron chi connectivity index (χ0n) is 10.7. The summed E-state index contributed by atoms with van der Waals surface area (Å²) in [7, 11) is 0. The molecule has 0 aliphatic heterocycles. The third-order valence-corrected chi connectivity index (χ3v) is 3.46. The highest BCUT2D eigenvalue weighted by Gasteiger charge is 2.05. The van der Waals surface area contributed by atoms with Crippen LogP contribution in [0.2, 0.25) is 0 Å². The van der Waals surface area contributed by atoms with E-state index in [2.05, 4.69) is 10.3 Å². The molecule has 2 aromatic rings. The number of rotatable bonds is 5. The van der Waals surface area contributed by atoms with E-state index in [1.54, 1.807) is 24.5 Å². The highest BCUT2D eigenvalue weighted by molar-refractivity contribution is 7.13. The van der Waals surface area contributed by atoms with Crippen LogP contribution in [-0.2, 0) is 4.79 Å². The maximum absolute atomic E-state index is 11.6. The Morgan fingerprint density at radius 2 is 2.16 bits per heavy atom. The van der Waals surface area contributed by atoms with Crippen molar-refractivity contribution in [3.63, 3.8) is 0 Å². The van der Waals surface area contributed by atoms with Gasteiger partial charge in [0.2, 0.25) is 5.91 Å². The molecule has 0 radical (unpaired) electrons.